The summed E-state index contributed by atoms with van der Waals surface area (Å²) >= 11 is 0. The molecule has 2 N–H and O–H groups in total. The molecule has 0 spiro atoms. The minimum absolute atomic E-state index is 0.441. The molecular weight excluding hydrogens is 256 g/mol. The van der Waals surface area contributed by atoms with Crippen molar-refractivity contribution in [2.75, 3.05) is 18.0 Å². The molecule has 1 aliphatic heterocycles. The number of nitrogens with two attached hydrogens (primary N) is 1. The van der Waals surface area contributed by atoms with Gasteiger partial charge < -0.3 is 10.6 Å². The lowest BCUT2D eigenvalue weighted by atomic mass is 9.89. The van der Waals surface area contributed by atoms with Crippen LogP contribution in [0.3, 0.4) is 0 Å². The Balaban J connectivity index is 1.57. The highest BCUT2D eigenvalue weighted by Gasteiger charge is 2.28. The van der Waals surface area contributed by atoms with Crippen molar-refractivity contribution < 1.29 is 0 Å². The van der Waals surface area contributed by atoms with Gasteiger partial charge in [-0.2, -0.15) is 0 Å². The number of hydrogen-bond donors (Lipinski definition) is 1. The molecule has 1 heterocycles. The summed E-state index contributed by atoms with van der Waals surface area (Å²) in [5.41, 5.74) is 10.6. The Kier molecular flexibility index (Phi) is 4.54. The van der Waals surface area contributed by atoms with Gasteiger partial charge in [-0.15, -0.1) is 0 Å². The zero-order valence-corrected chi connectivity index (χ0v) is 13.6. The maximum absolute atomic E-state index is 6.47. The van der Waals surface area contributed by atoms with Crippen LogP contribution in [0.25, 0.3) is 0 Å². The molecular formula is C19H30N2. The fourth-order valence-corrected chi connectivity index (χ4v) is 4.36. The van der Waals surface area contributed by atoms with Gasteiger partial charge in [0, 0.05) is 24.8 Å². The third-order valence-electron chi connectivity index (χ3n) is 5.47. The first-order valence-electron chi connectivity index (χ1n) is 8.70. The van der Waals surface area contributed by atoms with E-state index in [0.29, 0.717) is 6.04 Å². The van der Waals surface area contributed by atoms with Gasteiger partial charge in [0.1, 0.15) is 0 Å². The van der Waals surface area contributed by atoms with Crippen LogP contribution in [-0.4, -0.2) is 19.1 Å². The van der Waals surface area contributed by atoms with Gasteiger partial charge in [0.05, 0.1) is 0 Å². The van der Waals surface area contributed by atoms with Crippen molar-refractivity contribution in [1.29, 1.82) is 0 Å². The monoisotopic (exact) mass is 286 g/mol. The van der Waals surface area contributed by atoms with E-state index in [1.54, 1.807) is 0 Å². The topological polar surface area (TPSA) is 29.3 Å². The first-order chi connectivity index (χ1) is 10.1. The molecule has 3 rings (SSSR count). The zero-order chi connectivity index (χ0) is 14.8. The van der Waals surface area contributed by atoms with Crippen molar-refractivity contribution in [3.8, 4) is 0 Å². The lowest BCUT2D eigenvalue weighted by Crippen LogP contribution is -2.31. The fraction of sp³-hybridized carbons (Fsp3) is 0.684. The summed E-state index contributed by atoms with van der Waals surface area (Å²) in [6, 6.07) is 7.35. The first kappa shape index (κ1) is 14.9. The molecule has 2 unspecified atom stereocenters. The first-order valence-corrected chi connectivity index (χ1v) is 8.70. The standard InChI is InChI=1S/C19H30N2/c1-14-9-15(2)11-18(10-14)21-8-7-16(13-21)12-19(20)17-5-3-4-6-17/h9-11,16-17,19H,3-8,12-13,20H2,1-2H3. The quantitative estimate of drug-likeness (QED) is 0.905. The Morgan fingerprint density at radius 1 is 1.10 bits per heavy atom. The maximum Gasteiger partial charge on any atom is 0.0371 e. The van der Waals surface area contributed by atoms with Crippen LogP contribution in [0.4, 0.5) is 5.69 Å². The second-order valence-corrected chi connectivity index (χ2v) is 7.39. The Morgan fingerprint density at radius 2 is 1.76 bits per heavy atom. The SMILES string of the molecule is Cc1cc(C)cc(N2CCC(CC(N)C3CCCC3)C2)c1. The van der Waals surface area contributed by atoms with Gasteiger partial charge in [0.15, 0.2) is 0 Å². The minimum Gasteiger partial charge on any atom is -0.371 e. The fourth-order valence-electron chi connectivity index (χ4n) is 4.36. The summed E-state index contributed by atoms with van der Waals surface area (Å²) in [4.78, 5) is 2.56. The molecule has 2 heteroatoms. The molecule has 1 saturated heterocycles. The summed E-state index contributed by atoms with van der Waals surface area (Å²) in [6.07, 6.45) is 8.08. The highest BCUT2D eigenvalue weighted by molar-refractivity contribution is 5.51. The summed E-state index contributed by atoms with van der Waals surface area (Å²) in [6.45, 7) is 6.79. The van der Waals surface area contributed by atoms with Gasteiger partial charge in [-0.25, -0.2) is 0 Å². The Bertz CT molecular complexity index is 456. The summed E-state index contributed by atoms with van der Waals surface area (Å²) in [5.74, 6) is 1.60. The number of aryl methyl sites for hydroxylation is 2. The molecule has 1 saturated carbocycles. The van der Waals surface area contributed by atoms with E-state index < -0.39 is 0 Å². The van der Waals surface area contributed by atoms with Crippen LogP contribution < -0.4 is 10.6 Å². The van der Waals surface area contributed by atoms with E-state index in [1.165, 1.54) is 68.4 Å². The van der Waals surface area contributed by atoms with Crippen LogP contribution in [0, 0.1) is 25.7 Å². The van der Waals surface area contributed by atoms with Gasteiger partial charge in [-0.3, -0.25) is 0 Å². The number of nitrogens with zero attached hydrogens (tertiary/aromatic N) is 1. The van der Waals surface area contributed by atoms with Crippen LogP contribution in [0.5, 0.6) is 0 Å². The van der Waals surface area contributed by atoms with Crippen molar-refractivity contribution in [3.05, 3.63) is 29.3 Å². The molecule has 2 nitrogen and oxygen atoms in total. The maximum atomic E-state index is 6.47. The van der Waals surface area contributed by atoms with Crippen molar-refractivity contribution in [2.45, 2.75) is 58.4 Å². The Morgan fingerprint density at radius 3 is 2.43 bits per heavy atom. The highest BCUT2D eigenvalue weighted by atomic mass is 15.1. The van der Waals surface area contributed by atoms with Crippen LogP contribution in [-0.2, 0) is 0 Å². The second kappa shape index (κ2) is 6.39. The smallest absolute Gasteiger partial charge is 0.0371 e. The number of anilines is 1. The van der Waals surface area contributed by atoms with E-state index in [4.69, 9.17) is 5.73 Å². The van der Waals surface area contributed by atoms with Crippen molar-refractivity contribution in [3.63, 3.8) is 0 Å². The van der Waals surface area contributed by atoms with Crippen molar-refractivity contribution >= 4 is 5.69 Å². The largest absolute Gasteiger partial charge is 0.371 e. The van der Waals surface area contributed by atoms with Gasteiger partial charge >= 0.3 is 0 Å². The normalized spacial score (nSPS) is 24.7. The Labute approximate surface area is 129 Å². The third-order valence-corrected chi connectivity index (χ3v) is 5.47. The van der Waals surface area contributed by atoms with Gasteiger partial charge in [0.2, 0.25) is 0 Å². The molecule has 0 amide bonds. The second-order valence-electron chi connectivity index (χ2n) is 7.39. The van der Waals surface area contributed by atoms with Gasteiger partial charge in [-0.1, -0.05) is 18.9 Å². The van der Waals surface area contributed by atoms with E-state index in [1.807, 2.05) is 0 Å². The molecule has 0 bridgehead atoms. The molecule has 1 aromatic rings. The predicted molar refractivity (Wildman–Crippen MR) is 90.8 cm³/mol. The van der Waals surface area contributed by atoms with E-state index in [2.05, 4.69) is 36.9 Å². The van der Waals surface area contributed by atoms with Crippen molar-refractivity contribution in [2.24, 2.45) is 17.6 Å². The lowest BCUT2D eigenvalue weighted by Gasteiger charge is -2.23. The molecule has 0 aromatic heterocycles. The molecule has 2 atom stereocenters. The van der Waals surface area contributed by atoms with Crippen molar-refractivity contribution in [1.82, 2.24) is 0 Å². The minimum atomic E-state index is 0.441. The number of benzene rings is 1. The van der Waals surface area contributed by atoms with E-state index in [9.17, 15) is 0 Å². The van der Waals surface area contributed by atoms with Crippen LogP contribution in [0.15, 0.2) is 18.2 Å². The van der Waals surface area contributed by atoms with Crippen LogP contribution in [0.1, 0.15) is 49.7 Å². The van der Waals surface area contributed by atoms with Crippen LogP contribution >= 0.6 is 0 Å². The highest BCUT2D eigenvalue weighted by Crippen LogP contribution is 2.33. The zero-order valence-electron chi connectivity index (χ0n) is 13.6. The third kappa shape index (κ3) is 3.60. The summed E-state index contributed by atoms with van der Waals surface area (Å²) in [5, 5.41) is 0. The lowest BCUT2D eigenvalue weighted by molar-refractivity contribution is 0.357. The molecule has 21 heavy (non-hydrogen) atoms. The molecule has 116 valence electrons. The average molecular weight is 286 g/mol. The molecule has 1 aliphatic carbocycles. The number of hydrogen-bond acceptors (Lipinski definition) is 2. The summed E-state index contributed by atoms with van der Waals surface area (Å²) in [7, 11) is 0. The molecule has 0 radical (unpaired) electrons. The molecule has 2 aliphatic rings. The predicted octanol–water partition coefficient (Wildman–Crippen LogP) is 4.04. The van der Waals surface area contributed by atoms with Gasteiger partial charge in [-0.05, 0) is 74.6 Å². The van der Waals surface area contributed by atoms with Crippen LogP contribution in [0.2, 0.25) is 0 Å². The molecule has 1 aromatic carbocycles. The molecule has 2 fully saturated rings. The van der Waals surface area contributed by atoms with E-state index in [0.717, 1.165) is 11.8 Å². The Hall–Kier alpha value is -1.02. The average Bonchev–Trinajstić information content (AvgIpc) is 3.08. The summed E-state index contributed by atoms with van der Waals surface area (Å²) < 4.78 is 0. The van der Waals surface area contributed by atoms with E-state index >= 15 is 0 Å². The van der Waals surface area contributed by atoms with Gasteiger partial charge in [0.25, 0.3) is 0 Å². The number of rotatable bonds is 4. The van der Waals surface area contributed by atoms with E-state index in [-0.39, 0.29) is 0 Å².